The summed E-state index contributed by atoms with van der Waals surface area (Å²) in [6.45, 7) is 4.35. The van der Waals surface area contributed by atoms with Gasteiger partial charge in [-0.05, 0) is 73.3 Å². The Labute approximate surface area is 260 Å². The summed E-state index contributed by atoms with van der Waals surface area (Å²) >= 11 is 1.32. The third-order valence-electron chi connectivity index (χ3n) is 7.52. The smallest absolute Gasteiger partial charge is 0.268 e. The van der Waals surface area contributed by atoms with E-state index in [-0.39, 0.29) is 29.8 Å². The van der Waals surface area contributed by atoms with Crippen molar-refractivity contribution in [2.24, 2.45) is 0 Å². The average molecular weight is 626 g/mol. The van der Waals surface area contributed by atoms with E-state index >= 15 is 0 Å². The van der Waals surface area contributed by atoms with Crippen LogP contribution in [-0.4, -0.2) is 39.4 Å². The van der Waals surface area contributed by atoms with Gasteiger partial charge in [0.15, 0.2) is 6.10 Å². The number of para-hydroxylation sites is 2. The number of anilines is 2. The van der Waals surface area contributed by atoms with Crippen LogP contribution in [-0.2, 0) is 21.4 Å². The van der Waals surface area contributed by atoms with E-state index in [1.165, 1.54) is 15.6 Å². The number of benzene rings is 4. The Balaban J connectivity index is 1.26. The van der Waals surface area contributed by atoms with Crippen molar-refractivity contribution in [2.75, 3.05) is 22.3 Å². The number of nitrogens with one attached hydrogen (secondary N) is 1. The van der Waals surface area contributed by atoms with Gasteiger partial charge in [0, 0.05) is 17.8 Å². The van der Waals surface area contributed by atoms with E-state index in [1.54, 1.807) is 72.5 Å². The van der Waals surface area contributed by atoms with Gasteiger partial charge < -0.3 is 10.1 Å². The fourth-order valence-corrected chi connectivity index (χ4v) is 7.67. The van der Waals surface area contributed by atoms with Crippen molar-refractivity contribution in [1.29, 1.82) is 0 Å². The lowest BCUT2D eigenvalue weighted by Gasteiger charge is -2.34. The van der Waals surface area contributed by atoms with Crippen LogP contribution in [0.4, 0.5) is 11.4 Å². The molecular weight excluding hydrogens is 595 g/mol. The first kappa shape index (κ1) is 29.4. The Bertz CT molecular complexity index is 1940. The highest BCUT2D eigenvalue weighted by atomic mass is 32.2. The lowest BCUT2D eigenvalue weighted by atomic mass is 10.1. The summed E-state index contributed by atoms with van der Waals surface area (Å²) < 4.78 is 35.2. The van der Waals surface area contributed by atoms with Crippen LogP contribution in [0.25, 0.3) is 10.1 Å². The molecule has 44 heavy (non-hydrogen) atoms. The molecule has 0 saturated carbocycles. The standard InChI is InChI=1S/C34H31N3O5S2/c1-3-37(44(40,41)27-16-13-23(2)14-17-27)26-15-18-31-25(19-26)20-32(43-31)34(39)36-22-30(42-29-12-8-7-11-28(29)36)33(38)35-21-24-9-5-4-6-10-24/h4-20,30H,3,21-22H2,1-2H3,(H,35,38). The van der Waals surface area contributed by atoms with Crippen LogP contribution in [0.3, 0.4) is 0 Å². The van der Waals surface area contributed by atoms with E-state index in [1.807, 2.05) is 49.4 Å². The van der Waals surface area contributed by atoms with Crippen molar-refractivity contribution in [2.45, 2.75) is 31.4 Å². The first-order chi connectivity index (χ1) is 21.2. The second kappa shape index (κ2) is 12.1. The zero-order valence-corrected chi connectivity index (χ0v) is 25.9. The normalized spacial score (nSPS) is 14.5. The molecule has 5 aromatic rings. The summed E-state index contributed by atoms with van der Waals surface area (Å²) in [5, 5.41) is 3.67. The van der Waals surface area contributed by atoms with Crippen LogP contribution in [0.15, 0.2) is 108 Å². The molecule has 1 N–H and O–H groups in total. The molecule has 10 heteroatoms. The zero-order valence-electron chi connectivity index (χ0n) is 24.3. The molecule has 6 rings (SSSR count). The Hall–Kier alpha value is -4.67. The van der Waals surface area contributed by atoms with Crippen LogP contribution in [0, 0.1) is 6.92 Å². The largest absolute Gasteiger partial charge is 0.477 e. The van der Waals surface area contributed by atoms with Crippen molar-refractivity contribution in [3.8, 4) is 5.75 Å². The number of carbonyl (C=O) groups is 2. The SMILES string of the molecule is CCN(c1ccc2sc(C(=O)N3CC(C(=O)NCc4ccccc4)Oc4ccccc43)cc2c1)S(=O)(=O)c1ccc(C)cc1. The van der Waals surface area contributed by atoms with E-state index in [2.05, 4.69) is 5.32 Å². The van der Waals surface area contributed by atoms with Crippen molar-refractivity contribution in [1.82, 2.24) is 5.32 Å². The molecule has 1 aromatic heterocycles. The maximum Gasteiger partial charge on any atom is 0.268 e. The zero-order chi connectivity index (χ0) is 30.8. The monoisotopic (exact) mass is 625 g/mol. The molecule has 1 atom stereocenters. The average Bonchev–Trinajstić information content (AvgIpc) is 3.47. The first-order valence-electron chi connectivity index (χ1n) is 14.3. The highest BCUT2D eigenvalue weighted by Gasteiger charge is 2.35. The van der Waals surface area contributed by atoms with E-state index < -0.39 is 16.1 Å². The molecule has 0 bridgehead atoms. The van der Waals surface area contributed by atoms with Gasteiger partial charge in [0.05, 0.1) is 27.7 Å². The van der Waals surface area contributed by atoms with Gasteiger partial charge >= 0.3 is 0 Å². The van der Waals surface area contributed by atoms with Crippen molar-refractivity contribution in [3.05, 3.63) is 119 Å². The first-order valence-corrected chi connectivity index (χ1v) is 16.5. The number of fused-ring (bicyclic) bond motifs is 2. The molecule has 2 amide bonds. The molecule has 224 valence electrons. The molecule has 0 radical (unpaired) electrons. The van der Waals surface area contributed by atoms with Crippen molar-refractivity contribution < 1.29 is 22.7 Å². The minimum atomic E-state index is -3.78. The number of rotatable bonds is 8. The number of hydrogen-bond acceptors (Lipinski definition) is 6. The fourth-order valence-electron chi connectivity index (χ4n) is 5.22. The van der Waals surface area contributed by atoms with E-state index in [0.717, 1.165) is 21.2 Å². The van der Waals surface area contributed by atoms with Gasteiger partial charge in [-0.15, -0.1) is 11.3 Å². The Morgan fingerprint density at radius 3 is 2.43 bits per heavy atom. The Kier molecular flexibility index (Phi) is 8.11. The summed E-state index contributed by atoms with van der Waals surface area (Å²) in [4.78, 5) is 29.4. The van der Waals surface area contributed by atoms with Crippen LogP contribution in [0.1, 0.15) is 27.7 Å². The minimum absolute atomic E-state index is 0.0500. The molecule has 4 aromatic carbocycles. The molecule has 1 unspecified atom stereocenters. The minimum Gasteiger partial charge on any atom is -0.477 e. The number of amides is 2. The van der Waals surface area contributed by atoms with Crippen molar-refractivity contribution in [3.63, 3.8) is 0 Å². The van der Waals surface area contributed by atoms with Crippen LogP contribution in [0.2, 0.25) is 0 Å². The molecular formula is C34H31N3O5S2. The van der Waals surface area contributed by atoms with E-state index in [9.17, 15) is 18.0 Å². The van der Waals surface area contributed by atoms with E-state index in [4.69, 9.17) is 4.74 Å². The highest BCUT2D eigenvalue weighted by molar-refractivity contribution is 7.92. The fraction of sp³-hybridized carbons (Fsp3) is 0.176. The molecule has 1 aliphatic rings. The summed E-state index contributed by atoms with van der Waals surface area (Å²) in [6.07, 6.45) is -0.886. The predicted octanol–water partition coefficient (Wildman–Crippen LogP) is 6.15. The number of ether oxygens (including phenoxy) is 1. The summed E-state index contributed by atoms with van der Waals surface area (Å²) in [6, 6.07) is 30.7. The number of aryl methyl sites for hydroxylation is 1. The van der Waals surface area contributed by atoms with Crippen molar-refractivity contribution >= 4 is 54.6 Å². The number of carbonyl (C=O) groups excluding carboxylic acids is 2. The topological polar surface area (TPSA) is 96.0 Å². The maximum absolute atomic E-state index is 14.0. The number of thiophene rings is 1. The summed E-state index contributed by atoms with van der Waals surface area (Å²) in [7, 11) is -3.78. The van der Waals surface area contributed by atoms with Gasteiger partial charge in [-0.3, -0.25) is 18.8 Å². The maximum atomic E-state index is 14.0. The van der Waals surface area contributed by atoms with Gasteiger partial charge in [0.25, 0.3) is 21.8 Å². The molecule has 0 saturated heterocycles. The number of nitrogens with zero attached hydrogens (tertiary/aromatic N) is 2. The van der Waals surface area contributed by atoms with Gasteiger partial charge in [-0.1, -0.05) is 60.2 Å². The third kappa shape index (κ3) is 5.78. The lowest BCUT2D eigenvalue weighted by Crippen LogP contribution is -2.50. The highest BCUT2D eigenvalue weighted by Crippen LogP contribution is 2.37. The molecule has 0 aliphatic carbocycles. The molecule has 2 heterocycles. The van der Waals surface area contributed by atoms with E-state index in [0.29, 0.717) is 28.5 Å². The second-order valence-corrected chi connectivity index (χ2v) is 13.5. The molecule has 0 fully saturated rings. The van der Waals surface area contributed by atoms with Gasteiger partial charge in [-0.25, -0.2) is 8.42 Å². The van der Waals surface area contributed by atoms with Crippen LogP contribution < -0.4 is 19.3 Å². The predicted molar refractivity (Wildman–Crippen MR) is 174 cm³/mol. The third-order valence-corrected chi connectivity index (χ3v) is 10.5. The number of sulfonamides is 1. The number of hydrogen-bond donors (Lipinski definition) is 1. The quantitative estimate of drug-likeness (QED) is 0.223. The summed E-state index contributed by atoms with van der Waals surface area (Å²) in [5.41, 5.74) is 3.04. The Morgan fingerprint density at radius 2 is 1.68 bits per heavy atom. The molecule has 0 spiro atoms. The second-order valence-electron chi connectivity index (χ2n) is 10.5. The van der Waals surface area contributed by atoms with Gasteiger partial charge in [0.1, 0.15) is 5.75 Å². The van der Waals surface area contributed by atoms with Crippen LogP contribution >= 0.6 is 11.3 Å². The molecule has 8 nitrogen and oxygen atoms in total. The summed E-state index contributed by atoms with van der Waals surface area (Å²) in [5.74, 6) is -0.115. The van der Waals surface area contributed by atoms with Crippen LogP contribution in [0.5, 0.6) is 5.75 Å². The Morgan fingerprint density at radius 1 is 0.955 bits per heavy atom. The molecule has 1 aliphatic heterocycles. The van der Waals surface area contributed by atoms with Gasteiger partial charge in [0.2, 0.25) is 0 Å². The lowest BCUT2D eigenvalue weighted by molar-refractivity contribution is -0.128. The van der Waals surface area contributed by atoms with Gasteiger partial charge in [-0.2, -0.15) is 0 Å².